The number of fused-ring (bicyclic) bond motifs is 3. The first-order valence-electron chi connectivity index (χ1n) is 7.80. The number of rotatable bonds is 2. The molecule has 0 unspecified atom stereocenters. The summed E-state index contributed by atoms with van der Waals surface area (Å²) in [6.07, 6.45) is 0. The first kappa shape index (κ1) is 18.0. The number of benzene rings is 2. The van der Waals surface area contributed by atoms with Gasteiger partial charge in [-0.1, -0.05) is 73.9 Å². The van der Waals surface area contributed by atoms with E-state index in [2.05, 4.69) is 81.7 Å². The number of hydrogen-bond donors (Lipinski definition) is 0. The van der Waals surface area contributed by atoms with Gasteiger partial charge in [-0.2, -0.15) is 0 Å². The maximum Gasteiger partial charge on any atom is 0.0685 e. The second-order valence-corrected chi connectivity index (χ2v) is 18.4. The van der Waals surface area contributed by atoms with Gasteiger partial charge in [0.1, 0.15) is 0 Å². The van der Waals surface area contributed by atoms with Crippen LogP contribution in [0.15, 0.2) is 42.5 Å². The van der Waals surface area contributed by atoms with Crippen LogP contribution in [0.1, 0.15) is 0 Å². The van der Waals surface area contributed by atoms with Gasteiger partial charge in [0.2, 0.25) is 0 Å². The molecule has 0 spiro atoms. The average Bonchev–Trinajstić information content (AvgIpc) is 2.73. The molecule has 3 heteroatoms. The van der Waals surface area contributed by atoms with Crippen molar-refractivity contribution >= 4 is 48.1 Å². The van der Waals surface area contributed by atoms with Crippen LogP contribution < -0.4 is 10.4 Å². The van der Waals surface area contributed by atoms with E-state index in [0.717, 1.165) is 0 Å². The molecule has 3 aromatic carbocycles. The maximum atomic E-state index is 2.43. The van der Waals surface area contributed by atoms with Gasteiger partial charge in [-0.3, -0.25) is 0 Å². The molecule has 0 amide bonds. The smallest absolute Gasteiger partial charge is 0.0685 e. The van der Waals surface area contributed by atoms with Gasteiger partial charge in [-0.15, -0.1) is 39.7 Å². The summed E-state index contributed by atoms with van der Waals surface area (Å²) in [5.41, 5.74) is 0. The summed E-state index contributed by atoms with van der Waals surface area (Å²) in [6, 6.07) is 16.6. The molecule has 0 aliphatic rings. The van der Waals surface area contributed by atoms with Gasteiger partial charge < -0.3 is 0 Å². The van der Waals surface area contributed by atoms with Crippen molar-refractivity contribution in [3.05, 3.63) is 42.5 Å². The third-order valence-corrected chi connectivity index (χ3v) is 8.52. The molecule has 3 rings (SSSR count). The van der Waals surface area contributed by atoms with Crippen molar-refractivity contribution in [2.24, 2.45) is 0 Å². The Morgan fingerprint density at radius 3 is 1.32 bits per heavy atom. The predicted octanol–water partition coefficient (Wildman–Crippen LogP) is 4.80. The van der Waals surface area contributed by atoms with E-state index in [1.165, 1.54) is 21.5 Å². The largest absolute Gasteiger partial charge is 0.126 e. The standard InChI is InChI=1S/C19H25Si2.Zr/c1-20(2,3)16-7-9-18-14(12-16)11-15-13-17(21(4,5)6)8-10-19(15)18;/h7-13H,1-6H3;/q-1;. The second kappa shape index (κ2) is 5.92. The minimum atomic E-state index is -1.23. The Hall–Kier alpha value is -0.373. The monoisotopic (exact) mass is 399 g/mol. The first-order chi connectivity index (χ1) is 9.66. The van der Waals surface area contributed by atoms with Crippen molar-refractivity contribution in [3.8, 4) is 0 Å². The van der Waals surface area contributed by atoms with Gasteiger partial charge in [-0.25, -0.2) is 0 Å². The summed E-state index contributed by atoms with van der Waals surface area (Å²) in [4.78, 5) is 0. The molecule has 0 saturated carbocycles. The molecule has 0 saturated heterocycles. The molecular formula is C19H25Si2Zr-. The van der Waals surface area contributed by atoms with Crippen LogP contribution >= 0.6 is 0 Å². The van der Waals surface area contributed by atoms with Crippen LogP contribution in [0.2, 0.25) is 39.3 Å². The van der Waals surface area contributed by atoms with Gasteiger partial charge in [0, 0.05) is 26.2 Å². The predicted molar refractivity (Wildman–Crippen MR) is 103 cm³/mol. The zero-order valence-electron chi connectivity index (χ0n) is 14.5. The molecule has 0 radical (unpaired) electrons. The molecule has 0 nitrogen and oxygen atoms in total. The van der Waals surface area contributed by atoms with Gasteiger partial charge >= 0.3 is 0 Å². The van der Waals surface area contributed by atoms with E-state index in [1.807, 2.05) is 0 Å². The molecular weight excluding hydrogens is 376 g/mol. The Morgan fingerprint density at radius 2 is 1.00 bits per heavy atom. The van der Waals surface area contributed by atoms with Gasteiger partial charge in [0.05, 0.1) is 16.1 Å². The fourth-order valence-corrected chi connectivity index (χ4v) is 5.30. The van der Waals surface area contributed by atoms with Crippen molar-refractivity contribution in [2.45, 2.75) is 39.3 Å². The molecule has 0 N–H and O–H groups in total. The third kappa shape index (κ3) is 3.27. The van der Waals surface area contributed by atoms with Gasteiger partial charge in [-0.05, 0) is 0 Å². The fraction of sp³-hybridized carbons (Fsp3) is 0.316. The Labute approximate surface area is 155 Å². The number of hydrogen-bond acceptors (Lipinski definition) is 0. The van der Waals surface area contributed by atoms with E-state index in [-0.39, 0.29) is 26.2 Å². The van der Waals surface area contributed by atoms with Crippen LogP contribution in [0, 0.1) is 0 Å². The molecule has 0 heterocycles. The van der Waals surface area contributed by atoms with Crippen LogP contribution in [0.4, 0.5) is 0 Å². The Kier molecular flexibility index (Phi) is 4.84. The van der Waals surface area contributed by atoms with Crippen LogP contribution in [0.3, 0.4) is 0 Å². The average molecular weight is 401 g/mol. The van der Waals surface area contributed by atoms with Crippen molar-refractivity contribution in [1.82, 2.24) is 0 Å². The maximum absolute atomic E-state index is 2.43. The molecule has 22 heavy (non-hydrogen) atoms. The van der Waals surface area contributed by atoms with E-state index < -0.39 is 16.1 Å². The molecule has 0 aromatic heterocycles. The van der Waals surface area contributed by atoms with Crippen LogP contribution in [-0.4, -0.2) is 16.1 Å². The minimum Gasteiger partial charge on any atom is -0.126 e. The quantitative estimate of drug-likeness (QED) is 0.428. The Morgan fingerprint density at radius 1 is 0.636 bits per heavy atom. The van der Waals surface area contributed by atoms with Crippen molar-refractivity contribution in [3.63, 3.8) is 0 Å². The Bertz CT molecular complexity index is 749. The SMILES string of the molecule is C[Si](C)(C)c1ccc2c(c1)[cH-]c1cc([Si](C)(C)C)ccc12.[Zr]. The molecule has 0 aliphatic heterocycles. The van der Waals surface area contributed by atoms with E-state index in [4.69, 9.17) is 0 Å². The fourth-order valence-electron chi connectivity index (χ4n) is 2.96. The third-order valence-electron chi connectivity index (χ3n) is 4.44. The minimum absolute atomic E-state index is 0. The zero-order valence-corrected chi connectivity index (χ0v) is 19.0. The summed E-state index contributed by atoms with van der Waals surface area (Å²) in [5.74, 6) is 0. The molecule has 0 fully saturated rings. The summed E-state index contributed by atoms with van der Waals surface area (Å²) >= 11 is 0. The summed E-state index contributed by atoms with van der Waals surface area (Å²) in [7, 11) is -2.47. The molecule has 3 aromatic rings. The summed E-state index contributed by atoms with van der Waals surface area (Å²) in [5, 5.41) is 8.75. The zero-order chi connectivity index (χ0) is 15.4. The van der Waals surface area contributed by atoms with Crippen LogP contribution in [0.25, 0.3) is 21.5 Å². The molecule has 0 atom stereocenters. The molecule has 0 aliphatic carbocycles. The second-order valence-electron chi connectivity index (χ2n) is 8.25. The topological polar surface area (TPSA) is 0 Å². The van der Waals surface area contributed by atoms with E-state index in [1.54, 1.807) is 10.4 Å². The van der Waals surface area contributed by atoms with E-state index in [9.17, 15) is 0 Å². The summed E-state index contributed by atoms with van der Waals surface area (Å²) < 4.78 is 0. The van der Waals surface area contributed by atoms with Crippen molar-refractivity contribution < 1.29 is 26.2 Å². The van der Waals surface area contributed by atoms with Crippen LogP contribution in [-0.2, 0) is 26.2 Å². The first-order valence-corrected chi connectivity index (χ1v) is 14.8. The normalized spacial score (nSPS) is 12.6. The van der Waals surface area contributed by atoms with E-state index >= 15 is 0 Å². The van der Waals surface area contributed by atoms with Crippen LogP contribution in [0.5, 0.6) is 0 Å². The Balaban J connectivity index is 0.00000176. The molecule has 0 bridgehead atoms. The van der Waals surface area contributed by atoms with Gasteiger partial charge in [0.15, 0.2) is 0 Å². The van der Waals surface area contributed by atoms with E-state index in [0.29, 0.717) is 0 Å². The molecule has 114 valence electrons. The van der Waals surface area contributed by atoms with Gasteiger partial charge in [0.25, 0.3) is 0 Å². The van der Waals surface area contributed by atoms with Crippen molar-refractivity contribution in [1.29, 1.82) is 0 Å². The summed E-state index contributed by atoms with van der Waals surface area (Å²) in [6.45, 7) is 14.5. The van der Waals surface area contributed by atoms with Crippen molar-refractivity contribution in [2.75, 3.05) is 0 Å².